The zero-order chi connectivity index (χ0) is 15.2. The first-order valence-corrected chi connectivity index (χ1v) is 6.73. The molecule has 0 aliphatic carbocycles. The van der Waals surface area contributed by atoms with E-state index in [0.717, 1.165) is 12.1 Å². The molecule has 0 saturated carbocycles. The van der Waals surface area contributed by atoms with Crippen molar-refractivity contribution in [3.63, 3.8) is 0 Å². The Morgan fingerprint density at radius 2 is 2.19 bits per heavy atom. The number of amides is 1. The summed E-state index contributed by atoms with van der Waals surface area (Å²) >= 11 is 0. The Bertz CT molecular complexity index is 656. The topological polar surface area (TPSA) is 96.7 Å². The van der Waals surface area contributed by atoms with Crippen LogP contribution in [0.3, 0.4) is 0 Å². The number of nitriles is 1. The van der Waals surface area contributed by atoms with Crippen LogP contribution in [0.2, 0.25) is 0 Å². The van der Waals surface area contributed by atoms with Gasteiger partial charge in [0.15, 0.2) is 5.82 Å². The number of carbonyl (C=O) groups excluding carboxylic acids is 1. The van der Waals surface area contributed by atoms with Crippen LogP contribution in [0.4, 0.5) is 11.5 Å². The van der Waals surface area contributed by atoms with E-state index in [-0.39, 0.29) is 6.04 Å². The highest BCUT2D eigenvalue weighted by Crippen LogP contribution is 2.23. The molecule has 6 heteroatoms. The first-order valence-electron chi connectivity index (χ1n) is 6.73. The molecule has 0 fully saturated rings. The first kappa shape index (κ1) is 14.6. The number of nitrogens with two attached hydrogens (primary N) is 1. The van der Waals surface area contributed by atoms with E-state index in [0.29, 0.717) is 17.8 Å². The van der Waals surface area contributed by atoms with Crippen LogP contribution < -0.4 is 11.1 Å². The number of nitrogens with one attached hydrogen (secondary N) is 1. The molecule has 2 aromatic rings. The number of aromatic nitrogens is 2. The second-order valence-corrected chi connectivity index (χ2v) is 4.65. The Balaban J connectivity index is 2.34. The molecular formula is C15H17N5O. The van der Waals surface area contributed by atoms with Gasteiger partial charge in [0.25, 0.3) is 5.91 Å². The van der Waals surface area contributed by atoms with Gasteiger partial charge in [0.1, 0.15) is 5.56 Å². The molecular weight excluding hydrogens is 266 g/mol. The normalized spacial score (nSPS) is 11.6. The predicted molar refractivity (Wildman–Crippen MR) is 80.0 cm³/mol. The highest BCUT2D eigenvalue weighted by molar-refractivity contribution is 5.98. The van der Waals surface area contributed by atoms with E-state index in [1.165, 1.54) is 0 Å². The van der Waals surface area contributed by atoms with Crippen LogP contribution >= 0.6 is 0 Å². The van der Waals surface area contributed by atoms with Crippen molar-refractivity contribution in [3.8, 4) is 6.07 Å². The van der Waals surface area contributed by atoms with Crippen LogP contribution in [0.1, 0.15) is 36.2 Å². The van der Waals surface area contributed by atoms with Gasteiger partial charge in [0, 0.05) is 11.9 Å². The summed E-state index contributed by atoms with van der Waals surface area (Å²) in [6.07, 6.45) is 2.68. The average Bonchev–Trinajstić information content (AvgIpc) is 2.89. The number of para-hydroxylation sites is 1. The summed E-state index contributed by atoms with van der Waals surface area (Å²) in [5.41, 5.74) is 6.53. The molecule has 108 valence electrons. The minimum atomic E-state index is -0.550. The number of anilines is 2. The summed E-state index contributed by atoms with van der Waals surface area (Å²) in [7, 11) is 0. The Labute approximate surface area is 123 Å². The van der Waals surface area contributed by atoms with Gasteiger partial charge >= 0.3 is 0 Å². The van der Waals surface area contributed by atoms with Gasteiger partial charge < -0.3 is 11.1 Å². The summed E-state index contributed by atoms with van der Waals surface area (Å²) in [5, 5.41) is 16.3. The van der Waals surface area contributed by atoms with E-state index in [9.17, 15) is 4.79 Å². The number of rotatable bonds is 6. The molecule has 1 atom stereocenters. The summed E-state index contributed by atoms with van der Waals surface area (Å²) in [5.74, 6) is -0.142. The average molecular weight is 283 g/mol. The fourth-order valence-electron chi connectivity index (χ4n) is 2.04. The molecule has 1 amide bonds. The van der Waals surface area contributed by atoms with Crippen molar-refractivity contribution in [3.05, 3.63) is 42.1 Å². The maximum Gasteiger partial charge on any atom is 0.254 e. The monoisotopic (exact) mass is 283 g/mol. The lowest BCUT2D eigenvalue weighted by Crippen LogP contribution is -2.12. The summed E-state index contributed by atoms with van der Waals surface area (Å²) in [6, 6.07) is 11.5. The number of primary amides is 1. The van der Waals surface area contributed by atoms with Gasteiger partial charge in [-0.2, -0.15) is 10.4 Å². The summed E-state index contributed by atoms with van der Waals surface area (Å²) < 4.78 is 1.63. The van der Waals surface area contributed by atoms with Crippen molar-refractivity contribution >= 4 is 17.4 Å². The maximum absolute atomic E-state index is 11.6. The predicted octanol–water partition coefficient (Wildman–Crippen LogP) is 2.59. The third kappa shape index (κ3) is 3.39. The lowest BCUT2D eigenvalue weighted by molar-refractivity contribution is 0.100. The third-order valence-electron chi connectivity index (χ3n) is 3.21. The van der Waals surface area contributed by atoms with Crippen molar-refractivity contribution < 1.29 is 4.79 Å². The molecule has 0 radical (unpaired) electrons. The van der Waals surface area contributed by atoms with E-state index in [1.807, 2.05) is 37.3 Å². The number of carbonyl (C=O) groups is 1. The number of nitrogens with zero attached hydrogens (tertiary/aromatic N) is 3. The Morgan fingerprint density at radius 1 is 1.48 bits per heavy atom. The molecule has 6 nitrogen and oxygen atoms in total. The molecule has 1 aromatic carbocycles. The highest BCUT2D eigenvalue weighted by atomic mass is 16.1. The van der Waals surface area contributed by atoms with E-state index in [4.69, 9.17) is 11.0 Å². The quantitative estimate of drug-likeness (QED) is 0.851. The summed E-state index contributed by atoms with van der Waals surface area (Å²) in [4.78, 5) is 11.6. The van der Waals surface area contributed by atoms with Crippen molar-refractivity contribution in [2.24, 2.45) is 5.73 Å². The van der Waals surface area contributed by atoms with E-state index in [2.05, 4.69) is 16.5 Å². The SMILES string of the molecule is CCC(CC#N)n1cc(C(N)=O)c(Nc2ccccc2)n1. The minimum absolute atomic E-state index is 0.0700. The lowest BCUT2D eigenvalue weighted by Gasteiger charge is -2.11. The second kappa shape index (κ2) is 6.57. The van der Waals surface area contributed by atoms with Gasteiger partial charge in [-0.05, 0) is 18.6 Å². The molecule has 0 aliphatic rings. The molecule has 0 bridgehead atoms. The van der Waals surface area contributed by atoms with Gasteiger partial charge in [0.05, 0.1) is 18.5 Å². The smallest absolute Gasteiger partial charge is 0.254 e. The fourth-order valence-corrected chi connectivity index (χ4v) is 2.04. The van der Waals surface area contributed by atoms with Crippen LogP contribution in [0.15, 0.2) is 36.5 Å². The van der Waals surface area contributed by atoms with Crippen LogP contribution in [-0.4, -0.2) is 15.7 Å². The Hall–Kier alpha value is -2.81. The zero-order valence-corrected chi connectivity index (χ0v) is 11.8. The number of hydrogen-bond acceptors (Lipinski definition) is 4. The molecule has 1 aromatic heterocycles. The zero-order valence-electron chi connectivity index (χ0n) is 11.8. The van der Waals surface area contributed by atoms with Crippen LogP contribution in [0.5, 0.6) is 0 Å². The van der Waals surface area contributed by atoms with Crippen molar-refractivity contribution in [1.29, 1.82) is 5.26 Å². The van der Waals surface area contributed by atoms with E-state index in [1.54, 1.807) is 10.9 Å². The summed E-state index contributed by atoms with van der Waals surface area (Å²) in [6.45, 7) is 1.97. The molecule has 1 heterocycles. The number of benzene rings is 1. The van der Waals surface area contributed by atoms with Crippen molar-refractivity contribution in [2.45, 2.75) is 25.8 Å². The first-order chi connectivity index (χ1) is 10.2. The molecule has 0 spiro atoms. The van der Waals surface area contributed by atoms with E-state index < -0.39 is 5.91 Å². The molecule has 2 rings (SSSR count). The molecule has 21 heavy (non-hydrogen) atoms. The standard InChI is InChI=1S/C15H17N5O/c1-2-12(8-9-16)20-10-13(14(17)21)15(19-20)18-11-6-4-3-5-7-11/h3-7,10,12H,2,8H2,1H3,(H2,17,21)(H,18,19). The molecule has 0 saturated heterocycles. The minimum Gasteiger partial charge on any atom is -0.365 e. The van der Waals surface area contributed by atoms with E-state index >= 15 is 0 Å². The lowest BCUT2D eigenvalue weighted by atomic mass is 10.2. The number of hydrogen-bond donors (Lipinski definition) is 2. The van der Waals surface area contributed by atoms with Gasteiger partial charge in [-0.1, -0.05) is 25.1 Å². The Morgan fingerprint density at radius 3 is 2.76 bits per heavy atom. The van der Waals surface area contributed by atoms with Crippen LogP contribution in [0, 0.1) is 11.3 Å². The second-order valence-electron chi connectivity index (χ2n) is 4.65. The third-order valence-corrected chi connectivity index (χ3v) is 3.21. The van der Waals surface area contributed by atoms with Crippen LogP contribution in [-0.2, 0) is 0 Å². The maximum atomic E-state index is 11.6. The highest BCUT2D eigenvalue weighted by Gasteiger charge is 2.18. The Kier molecular flexibility index (Phi) is 4.57. The molecule has 1 unspecified atom stereocenters. The van der Waals surface area contributed by atoms with Crippen molar-refractivity contribution in [2.75, 3.05) is 5.32 Å². The largest absolute Gasteiger partial charge is 0.365 e. The molecule has 0 aliphatic heterocycles. The van der Waals surface area contributed by atoms with Gasteiger partial charge in [-0.15, -0.1) is 0 Å². The van der Waals surface area contributed by atoms with Gasteiger partial charge in [0.2, 0.25) is 0 Å². The van der Waals surface area contributed by atoms with Gasteiger partial charge in [-0.25, -0.2) is 0 Å². The van der Waals surface area contributed by atoms with Crippen LogP contribution in [0.25, 0.3) is 0 Å². The fraction of sp³-hybridized carbons (Fsp3) is 0.267. The van der Waals surface area contributed by atoms with Gasteiger partial charge in [-0.3, -0.25) is 9.48 Å². The van der Waals surface area contributed by atoms with Crippen molar-refractivity contribution in [1.82, 2.24) is 9.78 Å². The molecule has 3 N–H and O–H groups in total.